The molecule has 0 spiro atoms. The summed E-state index contributed by atoms with van der Waals surface area (Å²) >= 11 is 0.748. The van der Waals surface area contributed by atoms with Crippen LogP contribution in [0.2, 0.25) is 0 Å². The summed E-state index contributed by atoms with van der Waals surface area (Å²) in [4.78, 5) is 0. The highest BCUT2D eigenvalue weighted by Gasteiger charge is 2.44. The lowest BCUT2D eigenvalue weighted by molar-refractivity contribution is 0.423. The summed E-state index contributed by atoms with van der Waals surface area (Å²) in [5.74, 6) is 0.726. The maximum absolute atomic E-state index is 11.8. The molecule has 0 saturated carbocycles. The van der Waals surface area contributed by atoms with Gasteiger partial charge in [-0.2, -0.15) is 0 Å². The first kappa shape index (κ1) is 11.3. The van der Waals surface area contributed by atoms with Gasteiger partial charge in [-0.05, 0) is 18.3 Å². The molecule has 1 rings (SSSR count). The smallest absolute Gasteiger partial charge is 0.109 e. The molecule has 4 heteroatoms. The molecule has 0 aromatic carbocycles. The minimum absolute atomic E-state index is 0.111. The number of allylic oxidation sites excluding steroid dienone is 1. The van der Waals surface area contributed by atoms with Crippen LogP contribution in [0.1, 0.15) is 20.3 Å². The molecule has 76 valence electrons. The molecular formula is C9H16O2S2. The van der Waals surface area contributed by atoms with Crippen LogP contribution in [0, 0.1) is 11.8 Å². The van der Waals surface area contributed by atoms with Crippen LogP contribution in [0.5, 0.6) is 0 Å². The van der Waals surface area contributed by atoms with Gasteiger partial charge in [-0.25, -0.2) is 0 Å². The summed E-state index contributed by atoms with van der Waals surface area (Å²) in [5, 5.41) is 0.178. The van der Waals surface area contributed by atoms with Crippen LogP contribution < -0.4 is 0 Å². The molecule has 1 unspecified atom stereocenters. The Hall–Kier alpha value is 0.200. The van der Waals surface area contributed by atoms with Crippen LogP contribution in [0.3, 0.4) is 0 Å². The van der Waals surface area contributed by atoms with Crippen molar-refractivity contribution in [3.05, 3.63) is 12.7 Å². The highest BCUT2D eigenvalue weighted by atomic mass is 32.2. The third-order valence-corrected chi connectivity index (χ3v) is 6.45. The normalized spacial score (nSPS) is 45.0. The van der Waals surface area contributed by atoms with Crippen molar-refractivity contribution >= 4 is 22.8 Å². The first-order valence-corrected chi connectivity index (χ1v) is 6.55. The van der Waals surface area contributed by atoms with Gasteiger partial charge in [0.1, 0.15) is 4.58 Å². The molecule has 1 aliphatic heterocycles. The second kappa shape index (κ2) is 4.62. The quantitative estimate of drug-likeness (QED) is 0.586. The fourth-order valence-electron chi connectivity index (χ4n) is 1.79. The minimum Gasteiger partial charge on any atom is -0.329 e. The maximum Gasteiger partial charge on any atom is 0.109 e. The standard InChI is InChI=1S/C9H16O2S2/c1-4-5-8-6(2)7(3)9(12-10)13(8)11/h4,6-10H,1,5H2,2-3H3/t6-,7-,8-,9-,13?/m0/s1. The van der Waals surface area contributed by atoms with Gasteiger partial charge in [-0.1, -0.05) is 19.9 Å². The largest absolute Gasteiger partial charge is 0.329 e. The molecule has 1 N–H and O–H groups in total. The molecule has 0 bridgehead atoms. The number of hydrogen-bond acceptors (Lipinski definition) is 3. The Morgan fingerprint density at radius 3 is 2.54 bits per heavy atom. The third kappa shape index (κ3) is 2.00. The van der Waals surface area contributed by atoms with E-state index < -0.39 is 10.8 Å². The van der Waals surface area contributed by atoms with Gasteiger partial charge in [-0.15, -0.1) is 6.58 Å². The van der Waals surface area contributed by atoms with Crippen LogP contribution in [0.4, 0.5) is 0 Å². The second-order valence-electron chi connectivity index (χ2n) is 3.58. The number of rotatable bonds is 3. The van der Waals surface area contributed by atoms with Crippen LogP contribution in [0.15, 0.2) is 12.7 Å². The first-order valence-electron chi connectivity index (χ1n) is 4.44. The Morgan fingerprint density at radius 1 is 1.54 bits per heavy atom. The predicted molar refractivity (Wildman–Crippen MR) is 59.1 cm³/mol. The van der Waals surface area contributed by atoms with Crippen molar-refractivity contribution in [2.75, 3.05) is 0 Å². The average molecular weight is 220 g/mol. The molecule has 1 fully saturated rings. The van der Waals surface area contributed by atoms with Gasteiger partial charge in [0, 0.05) is 28.1 Å². The van der Waals surface area contributed by atoms with Crippen molar-refractivity contribution in [2.45, 2.75) is 30.1 Å². The van der Waals surface area contributed by atoms with Crippen LogP contribution >= 0.6 is 12.0 Å². The summed E-state index contributed by atoms with van der Waals surface area (Å²) in [6.45, 7) is 7.82. The van der Waals surface area contributed by atoms with E-state index in [1.165, 1.54) is 0 Å². The maximum atomic E-state index is 11.8. The highest BCUT2D eigenvalue weighted by Crippen LogP contribution is 2.40. The Morgan fingerprint density at radius 2 is 2.15 bits per heavy atom. The van der Waals surface area contributed by atoms with Crippen LogP contribution in [-0.2, 0) is 10.8 Å². The van der Waals surface area contributed by atoms with E-state index in [1.807, 2.05) is 6.08 Å². The summed E-state index contributed by atoms with van der Waals surface area (Å²) in [7, 11) is -0.917. The van der Waals surface area contributed by atoms with Crippen molar-refractivity contribution in [3.63, 3.8) is 0 Å². The Kier molecular flexibility index (Phi) is 4.01. The third-order valence-electron chi connectivity index (χ3n) is 2.88. The van der Waals surface area contributed by atoms with Gasteiger partial charge in [0.2, 0.25) is 0 Å². The lowest BCUT2D eigenvalue weighted by atomic mass is 9.93. The van der Waals surface area contributed by atoms with Crippen LogP contribution in [-0.4, -0.2) is 18.6 Å². The molecule has 5 atom stereocenters. The molecule has 0 amide bonds. The summed E-state index contributed by atoms with van der Waals surface area (Å²) < 4.78 is 20.7. The molecule has 1 saturated heterocycles. The van der Waals surface area contributed by atoms with Gasteiger partial charge in [0.15, 0.2) is 0 Å². The molecule has 0 aromatic rings. The van der Waals surface area contributed by atoms with Crippen molar-refractivity contribution in [1.82, 2.24) is 0 Å². The zero-order valence-electron chi connectivity index (χ0n) is 7.97. The fourth-order valence-corrected chi connectivity index (χ4v) is 5.01. The Bertz CT molecular complexity index is 218. The molecule has 0 aromatic heterocycles. The summed E-state index contributed by atoms with van der Waals surface area (Å²) in [6.07, 6.45) is 2.60. The SMILES string of the molecule is C=CC[C@H]1[C@@H](C)[C@H](C)[C@@H](SO)S1=O. The summed E-state index contributed by atoms with van der Waals surface area (Å²) in [6, 6.07) is 0. The fraction of sp³-hybridized carbons (Fsp3) is 0.778. The average Bonchev–Trinajstić information content (AvgIpc) is 2.31. The van der Waals surface area contributed by atoms with E-state index in [9.17, 15) is 4.21 Å². The van der Waals surface area contributed by atoms with Gasteiger partial charge >= 0.3 is 0 Å². The number of hydrogen-bond donors (Lipinski definition) is 1. The van der Waals surface area contributed by atoms with E-state index in [-0.39, 0.29) is 9.83 Å². The van der Waals surface area contributed by atoms with Crippen molar-refractivity contribution in [2.24, 2.45) is 11.8 Å². The second-order valence-corrected chi connectivity index (χ2v) is 6.37. The van der Waals surface area contributed by atoms with E-state index in [1.54, 1.807) is 0 Å². The molecule has 1 heterocycles. The Labute approximate surface area is 86.5 Å². The zero-order chi connectivity index (χ0) is 10.0. The lowest BCUT2D eigenvalue weighted by Crippen LogP contribution is -2.16. The van der Waals surface area contributed by atoms with E-state index in [2.05, 4.69) is 20.4 Å². The topological polar surface area (TPSA) is 37.3 Å². The molecular weight excluding hydrogens is 204 g/mol. The van der Waals surface area contributed by atoms with Gasteiger partial charge < -0.3 is 4.55 Å². The summed E-state index contributed by atoms with van der Waals surface area (Å²) in [5.41, 5.74) is 0. The predicted octanol–water partition coefficient (Wildman–Crippen LogP) is 2.50. The first-order chi connectivity index (χ1) is 6.13. The van der Waals surface area contributed by atoms with Crippen LogP contribution in [0.25, 0.3) is 0 Å². The highest BCUT2D eigenvalue weighted by molar-refractivity contribution is 8.08. The molecule has 1 aliphatic rings. The van der Waals surface area contributed by atoms with Gasteiger partial charge in [-0.3, -0.25) is 4.21 Å². The minimum atomic E-state index is -0.917. The molecule has 0 radical (unpaired) electrons. The van der Waals surface area contributed by atoms with E-state index in [0.29, 0.717) is 11.8 Å². The van der Waals surface area contributed by atoms with Crippen molar-refractivity contribution < 1.29 is 8.76 Å². The molecule has 2 nitrogen and oxygen atoms in total. The molecule has 0 aliphatic carbocycles. The molecule has 13 heavy (non-hydrogen) atoms. The monoisotopic (exact) mass is 220 g/mol. The van der Waals surface area contributed by atoms with Gasteiger partial charge in [0.25, 0.3) is 0 Å². The zero-order valence-corrected chi connectivity index (χ0v) is 9.61. The van der Waals surface area contributed by atoms with Crippen molar-refractivity contribution in [1.29, 1.82) is 0 Å². The van der Waals surface area contributed by atoms with Crippen molar-refractivity contribution in [3.8, 4) is 0 Å². The van der Waals surface area contributed by atoms with E-state index in [4.69, 9.17) is 4.55 Å². The van der Waals surface area contributed by atoms with E-state index >= 15 is 0 Å². The van der Waals surface area contributed by atoms with Gasteiger partial charge in [0.05, 0.1) is 0 Å². The lowest BCUT2D eigenvalue weighted by Gasteiger charge is -2.14. The van der Waals surface area contributed by atoms with E-state index in [0.717, 1.165) is 18.5 Å². The Balaban J connectivity index is 2.77.